The van der Waals surface area contributed by atoms with Crippen LogP contribution < -0.4 is 15.6 Å². The number of β-lactam (4-membered cyclic amide) rings is 1. The Balaban J connectivity index is 1.31. The number of nitrogens with zero attached hydrogens (tertiary/aromatic N) is 5. The number of carbonyl (C=O) groups excluding carboxylic acids is 2. The highest BCUT2D eigenvalue weighted by molar-refractivity contribution is 8.02. The minimum absolute atomic E-state index is 0.0449. The standard InChI is InChI=1S/C21H19N7O5S4/c1-27-5-3-4-10-17(27)37-21(24-10)36-7-9-6-34-18-13(16(30)28(18)14(9)19(31)32)25-15(29)12(26-33-2)11-8-35-20(22)23-11/h3-5,8,13,18H,6-7H2,1-2H3,(H3-,22,23,25,29,31,32)/p+1/b26-12-/t13?,18-/m0/s1. The van der Waals surface area contributed by atoms with Crippen LogP contribution in [0, 0.1) is 0 Å². The summed E-state index contributed by atoms with van der Waals surface area (Å²) >= 11 is 5.49. The number of amides is 2. The monoisotopic (exact) mass is 578 g/mol. The largest absolute Gasteiger partial charge is 0.477 e. The third kappa shape index (κ3) is 4.76. The van der Waals surface area contributed by atoms with E-state index >= 15 is 0 Å². The Labute approximate surface area is 226 Å². The van der Waals surface area contributed by atoms with E-state index in [0.29, 0.717) is 17.1 Å². The zero-order valence-corrected chi connectivity index (χ0v) is 22.7. The second kappa shape index (κ2) is 10.3. The molecule has 2 aliphatic heterocycles. The van der Waals surface area contributed by atoms with Crippen LogP contribution >= 0.6 is 46.2 Å². The predicted octanol–water partition coefficient (Wildman–Crippen LogP) is 1.04. The van der Waals surface area contributed by atoms with E-state index in [2.05, 4.69) is 20.4 Å². The number of aryl methyl sites for hydroxylation is 1. The van der Waals surface area contributed by atoms with Gasteiger partial charge in [-0.2, -0.15) is 4.57 Å². The number of carbonyl (C=O) groups is 3. The predicted molar refractivity (Wildman–Crippen MR) is 141 cm³/mol. The minimum atomic E-state index is -1.19. The molecule has 0 aliphatic carbocycles. The fourth-order valence-corrected chi connectivity index (χ4v) is 8.01. The summed E-state index contributed by atoms with van der Waals surface area (Å²) in [7, 11) is 3.23. The van der Waals surface area contributed by atoms with Gasteiger partial charge in [-0.05, 0) is 23.0 Å². The quantitative estimate of drug-likeness (QED) is 0.116. The molecule has 0 spiro atoms. The van der Waals surface area contributed by atoms with Gasteiger partial charge in [-0.3, -0.25) is 14.5 Å². The van der Waals surface area contributed by atoms with Crippen molar-refractivity contribution in [3.05, 3.63) is 40.7 Å². The van der Waals surface area contributed by atoms with Crippen molar-refractivity contribution in [3.8, 4) is 0 Å². The molecule has 3 aromatic heterocycles. The summed E-state index contributed by atoms with van der Waals surface area (Å²) in [6, 6.07) is 2.93. The van der Waals surface area contributed by atoms with Gasteiger partial charge in [0.15, 0.2) is 21.4 Å². The first kappa shape index (κ1) is 25.4. The van der Waals surface area contributed by atoms with Gasteiger partial charge in [-0.1, -0.05) is 16.9 Å². The summed E-state index contributed by atoms with van der Waals surface area (Å²) < 4.78 is 2.80. The average molecular weight is 579 g/mol. The SMILES string of the molecule is CO/N=C(\C(=O)NC1C(=O)N2C(C(=O)O)=C(CSc3nc4ccc[n+](C)c4s3)CS[C@@H]12)c1csc(N)n1. The molecule has 5 heterocycles. The molecule has 1 fully saturated rings. The first-order valence-corrected chi connectivity index (χ1v) is 14.4. The molecule has 0 radical (unpaired) electrons. The maximum absolute atomic E-state index is 13.0. The summed E-state index contributed by atoms with van der Waals surface area (Å²) in [6.07, 6.45) is 1.94. The molecule has 192 valence electrons. The Bertz CT molecular complexity index is 1480. The number of aromatic nitrogens is 3. The molecule has 3 aromatic rings. The Morgan fingerprint density at radius 2 is 2.24 bits per heavy atom. The van der Waals surface area contributed by atoms with Gasteiger partial charge in [0.2, 0.25) is 0 Å². The van der Waals surface area contributed by atoms with Crippen LogP contribution in [0.25, 0.3) is 10.3 Å². The van der Waals surface area contributed by atoms with E-state index in [9.17, 15) is 19.5 Å². The first-order chi connectivity index (χ1) is 17.8. The van der Waals surface area contributed by atoms with Crippen molar-refractivity contribution in [2.75, 3.05) is 24.3 Å². The van der Waals surface area contributed by atoms with E-state index in [0.717, 1.165) is 26.0 Å². The number of thioether (sulfide) groups is 2. The maximum Gasteiger partial charge on any atom is 0.352 e. The van der Waals surface area contributed by atoms with Gasteiger partial charge in [-0.15, -0.1) is 23.1 Å². The minimum Gasteiger partial charge on any atom is -0.477 e. The lowest BCUT2D eigenvalue weighted by atomic mass is 10.0. The van der Waals surface area contributed by atoms with E-state index in [1.165, 1.54) is 46.9 Å². The summed E-state index contributed by atoms with van der Waals surface area (Å²) in [6.45, 7) is 0. The van der Waals surface area contributed by atoms with Crippen molar-refractivity contribution in [1.82, 2.24) is 20.2 Å². The molecule has 37 heavy (non-hydrogen) atoms. The van der Waals surface area contributed by atoms with Crippen LogP contribution in [-0.2, 0) is 26.3 Å². The van der Waals surface area contributed by atoms with E-state index in [-0.39, 0.29) is 22.2 Å². The third-order valence-corrected chi connectivity index (χ3v) is 9.97. The molecular weight excluding hydrogens is 559 g/mol. The van der Waals surface area contributed by atoms with Crippen molar-refractivity contribution in [1.29, 1.82) is 0 Å². The molecule has 0 bridgehead atoms. The van der Waals surface area contributed by atoms with E-state index in [4.69, 9.17) is 10.6 Å². The number of fused-ring (bicyclic) bond motifs is 2. The lowest BCUT2D eigenvalue weighted by Gasteiger charge is -2.49. The van der Waals surface area contributed by atoms with Crippen LogP contribution in [0.1, 0.15) is 5.69 Å². The van der Waals surface area contributed by atoms with Gasteiger partial charge in [-0.25, -0.2) is 14.8 Å². The Morgan fingerprint density at radius 3 is 2.92 bits per heavy atom. The average Bonchev–Trinajstić information content (AvgIpc) is 3.50. The van der Waals surface area contributed by atoms with Crippen molar-refractivity contribution >= 4 is 85.2 Å². The molecule has 0 saturated carbocycles. The second-order valence-electron chi connectivity index (χ2n) is 7.89. The number of thiazole rings is 2. The highest BCUT2D eigenvalue weighted by atomic mass is 32.2. The lowest BCUT2D eigenvalue weighted by molar-refractivity contribution is -0.642. The number of carboxylic acids is 1. The molecule has 1 saturated heterocycles. The number of hydrogen-bond donors (Lipinski definition) is 3. The molecule has 2 aliphatic rings. The topological polar surface area (TPSA) is 164 Å². The molecule has 16 heteroatoms. The van der Waals surface area contributed by atoms with Gasteiger partial charge >= 0.3 is 5.97 Å². The highest BCUT2D eigenvalue weighted by Crippen LogP contribution is 2.42. The Kier molecular flexibility index (Phi) is 7.06. The fraction of sp³-hybridized carbons (Fsp3) is 0.286. The Hall–Kier alpha value is -3.21. The number of oxime groups is 1. The van der Waals surface area contributed by atoms with Gasteiger partial charge in [0.05, 0.1) is 0 Å². The van der Waals surface area contributed by atoms with Crippen LogP contribution in [0.2, 0.25) is 0 Å². The summed E-state index contributed by atoms with van der Waals surface area (Å²) in [4.78, 5) is 53.8. The van der Waals surface area contributed by atoms with Gasteiger partial charge in [0.1, 0.15) is 42.5 Å². The highest BCUT2D eigenvalue weighted by Gasteiger charge is 2.54. The van der Waals surface area contributed by atoms with Gasteiger partial charge in [0.25, 0.3) is 16.6 Å². The van der Waals surface area contributed by atoms with E-state index < -0.39 is 29.2 Å². The van der Waals surface area contributed by atoms with Crippen LogP contribution in [0.3, 0.4) is 0 Å². The van der Waals surface area contributed by atoms with Crippen molar-refractivity contribution in [3.63, 3.8) is 0 Å². The van der Waals surface area contributed by atoms with Crippen molar-refractivity contribution in [2.45, 2.75) is 15.8 Å². The number of carboxylic acid groups (broad SMARTS) is 1. The molecule has 4 N–H and O–H groups in total. The van der Waals surface area contributed by atoms with Gasteiger partial charge < -0.3 is 21.0 Å². The third-order valence-electron chi connectivity index (χ3n) is 5.57. The summed E-state index contributed by atoms with van der Waals surface area (Å²) in [5.41, 5.74) is 7.20. The molecule has 1 unspecified atom stereocenters. The number of nitrogen functional groups attached to an aromatic ring is 1. The van der Waals surface area contributed by atoms with Crippen LogP contribution in [0.5, 0.6) is 0 Å². The van der Waals surface area contributed by atoms with E-state index in [1.54, 1.807) is 5.38 Å². The molecule has 0 aromatic carbocycles. The fourth-order valence-electron chi connectivity index (χ4n) is 3.90. The number of hydrogen-bond acceptors (Lipinski definition) is 12. The first-order valence-electron chi connectivity index (χ1n) is 10.7. The van der Waals surface area contributed by atoms with Crippen molar-refractivity contribution < 1.29 is 28.9 Å². The second-order valence-corrected chi connectivity index (χ2v) is 12.1. The normalized spacial score (nSPS) is 19.6. The van der Waals surface area contributed by atoms with Crippen molar-refractivity contribution in [2.24, 2.45) is 12.2 Å². The number of nitrogens with one attached hydrogen (secondary N) is 1. The zero-order chi connectivity index (χ0) is 26.3. The number of aliphatic carboxylic acids is 1. The van der Waals surface area contributed by atoms with Crippen LogP contribution in [0.4, 0.5) is 5.13 Å². The molecular formula is C21H20N7O5S4+. The molecule has 2 atom stereocenters. The van der Waals surface area contributed by atoms with E-state index in [1.807, 2.05) is 29.9 Å². The summed E-state index contributed by atoms with van der Waals surface area (Å²) in [5.74, 6) is -1.59. The van der Waals surface area contributed by atoms with Crippen LogP contribution in [-0.4, -0.2) is 73.5 Å². The Morgan fingerprint density at radius 1 is 1.43 bits per heavy atom. The number of rotatable bonds is 8. The van der Waals surface area contributed by atoms with Crippen LogP contribution in [0.15, 0.2) is 44.5 Å². The van der Waals surface area contributed by atoms with Gasteiger partial charge in [0, 0.05) is 23.0 Å². The smallest absolute Gasteiger partial charge is 0.352 e. The maximum atomic E-state index is 13.0. The molecule has 2 amide bonds. The number of pyridine rings is 1. The number of anilines is 1. The number of nitrogens with two attached hydrogens (primary N) is 1. The molecule has 12 nitrogen and oxygen atoms in total. The zero-order valence-electron chi connectivity index (χ0n) is 19.4. The summed E-state index contributed by atoms with van der Waals surface area (Å²) in [5, 5.41) is 17.6. The lowest BCUT2D eigenvalue weighted by Crippen LogP contribution is -2.71. The molecule has 5 rings (SSSR count).